The van der Waals surface area contributed by atoms with Crippen LogP contribution in [0.1, 0.15) is 20.3 Å². The lowest BCUT2D eigenvalue weighted by Crippen LogP contribution is -2.39. The summed E-state index contributed by atoms with van der Waals surface area (Å²) < 4.78 is 0. The van der Waals surface area contributed by atoms with E-state index in [9.17, 15) is 4.79 Å². The molecule has 0 bridgehead atoms. The van der Waals surface area contributed by atoms with Gasteiger partial charge in [0.2, 0.25) is 5.60 Å². The number of nitrogens with one attached hydrogen (secondary N) is 1. The van der Waals surface area contributed by atoms with Crippen LogP contribution >= 0.6 is 0 Å². The number of carbonyl (C=O) groups is 1. The molecule has 1 heterocycles. The Hall–Kier alpha value is -1.10. The van der Waals surface area contributed by atoms with Crippen molar-refractivity contribution in [3.8, 4) is 0 Å². The maximum Gasteiger partial charge on any atom is 0.372 e. The molecule has 0 saturated carbocycles. The van der Waals surface area contributed by atoms with Gasteiger partial charge in [0.25, 0.3) is 0 Å². The number of hydroxylamine groups is 1. The molecule has 0 aromatic rings. The van der Waals surface area contributed by atoms with Crippen LogP contribution in [0.15, 0.2) is 5.16 Å². The molecule has 1 aliphatic heterocycles. The van der Waals surface area contributed by atoms with E-state index in [0.29, 0.717) is 6.42 Å². The standard InChI is InChI=1S/C7H12N2O3/c1-5-4-7(2,12-9-5)6(10)11-8-3/h8H,4H2,1-3H3. The van der Waals surface area contributed by atoms with Gasteiger partial charge in [-0.2, -0.15) is 5.48 Å². The summed E-state index contributed by atoms with van der Waals surface area (Å²) in [5, 5.41) is 3.68. The molecule has 1 N–H and O–H groups in total. The van der Waals surface area contributed by atoms with Crippen molar-refractivity contribution in [2.75, 3.05) is 7.05 Å². The quantitative estimate of drug-likeness (QED) is 0.605. The third-order valence-corrected chi connectivity index (χ3v) is 1.62. The first-order valence-electron chi connectivity index (χ1n) is 3.68. The first kappa shape index (κ1) is 8.99. The molecule has 0 amide bonds. The summed E-state index contributed by atoms with van der Waals surface area (Å²) >= 11 is 0. The van der Waals surface area contributed by atoms with Crippen molar-refractivity contribution >= 4 is 11.7 Å². The minimum absolute atomic E-state index is 0.453. The van der Waals surface area contributed by atoms with Crippen molar-refractivity contribution in [1.29, 1.82) is 0 Å². The Morgan fingerprint density at radius 3 is 2.92 bits per heavy atom. The lowest BCUT2D eigenvalue weighted by atomic mass is 10.0. The number of rotatable bonds is 2. The van der Waals surface area contributed by atoms with E-state index in [1.165, 1.54) is 7.05 Å². The smallest absolute Gasteiger partial charge is 0.372 e. The zero-order chi connectivity index (χ0) is 9.19. The van der Waals surface area contributed by atoms with Crippen LogP contribution in [0, 0.1) is 0 Å². The number of hydrogen-bond acceptors (Lipinski definition) is 5. The lowest BCUT2D eigenvalue weighted by Gasteiger charge is -2.17. The van der Waals surface area contributed by atoms with E-state index in [-0.39, 0.29) is 0 Å². The molecule has 0 saturated heterocycles. The molecule has 5 heteroatoms. The highest BCUT2D eigenvalue weighted by Crippen LogP contribution is 2.24. The number of oxime groups is 1. The molecular formula is C7H12N2O3. The molecule has 0 aliphatic carbocycles. The summed E-state index contributed by atoms with van der Waals surface area (Å²) in [5.41, 5.74) is 2.15. The summed E-state index contributed by atoms with van der Waals surface area (Å²) in [7, 11) is 1.52. The minimum Gasteiger partial charge on any atom is -0.377 e. The Kier molecular flexibility index (Phi) is 2.32. The molecular weight excluding hydrogens is 160 g/mol. The SMILES string of the molecule is CNOC(=O)C1(C)CC(C)=NO1. The lowest BCUT2D eigenvalue weighted by molar-refractivity contribution is -0.173. The molecule has 0 aromatic carbocycles. The fourth-order valence-corrected chi connectivity index (χ4v) is 1.04. The van der Waals surface area contributed by atoms with Crippen molar-refractivity contribution in [3.63, 3.8) is 0 Å². The Morgan fingerprint density at radius 2 is 2.50 bits per heavy atom. The van der Waals surface area contributed by atoms with E-state index in [4.69, 9.17) is 4.84 Å². The number of nitrogens with zero attached hydrogens (tertiary/aromatic N) is 1. The molecule has 1 atom stereocenters. The van der Waals surface area contributed by atoms with Crippen LogP contribution in [0.5, 0.6) is 0 Å². The minimum atomic E-state index is -0.951. The molecule has 0 aromatic heterocycles. The van der Waals surface area contributed by atoms with Gasteiger partial charge in [0.15, 0.2) is 0 Å². The van der Waals surface area contributed by atoms with Gasteiger partial charge in [-0.1, -0.05) is 5.16 Å². The first-order chi connectivity index (χ1) is 5.58. The highest BCUT2D eigenvalue weighted by atomic mass is 16.7. The highest BCUT2D eigenvalue weighted by molar-refractivity contribution is 5.91. The maximum atomic E-state index is 11.2. The van der Waals surface area contributed by atoms with Gasteiger partial charge in [0, 0.05) is 13.5 Å². The molecule has 0 fully saturated rings. The molecule has 1 unspecified atom stereocenters. The van der Waals surface area contributed by atoms with Gasteiger partial charge in [-0.05, 0) is 13.8 Å². The van der Waals surface area contributed by atoms with Crippen molar-refractivity contribution in [2.45, 2.75) is 25.9 Å². The van der Waals surface area contributed by atoms with E-state index < -0.39 is 11.6 Å². The van der Waals surface area contributed by atoms with Gasteiger partial charge in [-0.25, -0.2) is 4.79 Å². The predicted molar refractivity (Wildman–Crippen MR) is 42.4 cm³/mol. The fraction of sp³-hybridized carbons (Fsp3) is 0.714. The van der Waals surface area contributed by atoms with Gasteiger partial charge >= 0.3 is 5.97 Å². The van der Waals surface area contributed by atoms with Crippen LogP contribution in [0.3, 0.4) is 0 Å². The fourth-order valence-electron chi connectivity index (χ4n) is 1.04. The summed E-state index contributed by atoms with van der Waals surface area (Å²) in [6.45, 7) is 3.45. The average molecular weight is 172 g/mol. The second-order valence-electron chi connectivity index (χ2n) is 2.92. The van der Waals surface area contributed by atoms with Crippen molar-refractivity contribution < 1.29 is 14.5 Å². The maximum absolute atomic E-state index is 11.2. The summed E-state index contributed by atoms with van der Waals surface area (Å²) in [6, 6.07) is 0. The first-order valence-corrected chi connectivity index (χ1v) is 3.68. The molecule has 68 valence electrons. The molecule has 5 nitrogen and oxygen atoms in total. The van der Waals surface area contributed by atoms with E-state index >= 15 is 0 Å². The number of carbonyl (C=O) groups excluding carboxylic acids is 1. The normalized spacial score (nSPS) is 27.8. The van der Waals surface area contributed by atoms with E-state index in [2.05, 4.69) is 15.5 Å². The topological polar surface area (TPSA) is 59.9 Å². The van der Waals surface area contributed by atoms with Gasteiger partial charge in [0.05, 0.1) is 5.71 Å². The monoisotopic (exact) mass is 172 g/mol. The molecule has 12 heavy (non-hydrogen) atoms. The second-order valence-corrected chi connectivity index (χ2v) is 2.92. The van der Waals surface area contributed by atoms with Crippen LogP contribution < -0.4 is 5.48 Å². The van der Waals surface area contributed by atoms with Crippen LogP contribution in [-0.2, 0) is 14.5 Å². The van der Waals surface area contributed by atoms with Crippen LogP contribution in [-0.4, -0.2) is 24.3 Å². The second kappa shape index (κ2) is 3.10. The summed E-state index contributed by atoms with van der Waals surface area (Å²) in [4.78, 5) is 20.8. The third kappa shape index (κ3) is 1.55. The highest BCUT2D eigenvalue weighted by Gasteiger charge is 2.42. The predicted octanol–water partition coefficient (Wildman–Crippen LogP) is 0.219. The zero-order valence-electron chi connectivity index (χ0n) is 7.38. The zero-order valence-corrected chi connectivity index (χ0v) is 7.38. The van der Waals surface area contributed by atoms with E-state index in [1.807, 2.05) is 0 Å². The molecule has 0 radical (unpaired) electrons. The van der Waals surface area contributed by atoms with Crippen molar-refractivity contribution in [2.24, 2.45) is 5.16 Å². The molecule has 1 rings (SSSR count). The Morgan fingerprint density at radius 1 is 1.83 bits per heavy atom. The van der Waals surface area contributed by atoms with E-state index in [0.717, 1.165) is 5.71 Å². The Bertz CT molecular complexity index is 227. The largest absolute Gasteiger partial charge is 0.377 e. The third-order valence-electron chi connectivity index (χ3n) is 1.62. The number of hydrogen-bond donors (Lipinski definition) is 1. The van der Waals surface area contributed by atoms with Gasteiger partial charge in [0.1, 0.15) is 0 Å². The summed E-state index contributed by atoms with van der Waals surface area (Å²) in [6.07, 6.45) is 0.480. The molecule has 1 aliphatic rings. The molecule has 0 spiro atoms. The average Bonchev–Trinajstić information content (AvgIpc) is 2.33. The Labute approximate surface area is 70.7 Å². The van der Waals surface area contributed by atoms with Crippen LogP contribution in [0.2, 0.25) is 0 Å². The van der Waals surface area contributed by atoms with Gasteiger partial charge in [-0.15, -0.1) is 0 Å². The van der Waals surface area contributed by atoms with Crippen LogP contribution in [0.25, 0.3) is 0 Å². The van der Waals surface area contributed by atoms with Gasteiger partial charge < -0.3 is 9.68 Å². The van der Waals surface area contributed by atoms with Crippen LogP contribution in [0.4, 0.5) is 0 Å². The summed E-state index contributed by atoms with van der Waals surface area (Å²) in [5.74, 6) is -0.453. The van der Waals surface area contributed by atoms with E-state index in [1.54, 1.807) is 13.8 Å². The Balaban J connectivity index is 2.57. The van der Waals surface area contributed by atoms with Crippen molar-refractivity contribution in [1.82, 2.24) is 5.48 Å². The van der Waals surface area contributed by atoms with Crippen molar-refractivity contribution in [3.05, 3.63) is 0 Å². The van der Waals surface area contributed by atoms with Gasteiger partial charge in [-0.3, -0.25) is 0 Å².